The van der Waals surface area contributed by atoms with E-state index in [1.54, 1.807) is 4.90 Å². The highest BCUT2D eigenvalue weighted by Crippen LogP contribution is 2.36. The van der Waals surface area contributed by atoms with Crippen molar-refractivity contribution in [2.75, 3.05) is 6.54 Å². The van der Waals surface area contributed by atoms with Crippen molar-refractivity contribution in [3.8, 4) is 6.07 Å². The number of nitrogens with zero attached hydrogens (tertiary/aromatic N) is 4. The van der Waals surface area contributed by atoms with Crippen LogP contribution < -0.4 is 0 Å². The van der Waals surface area contributed by atoms with Crippen LogP contribution in [0.2, 0.25) is 0 Å². The highest BCUT2D eigenvalue weighted by Gasteiger charge is 2.33. The lowest BCUT2D eigenvalue weighted by Gasteiger charge is -2.13. The number of para-hydroxylation sites is 2. The predicted molar refractivity (Wildman–Crippen MR) is 143 cm³/mol. The molecule has 172 valence electrons. The van der Waals surface area contributed by atoms with Crippen LogP contribution in [0.4, 0.5) is 5.69 Å². The van der Waals surface area contributed by atoms with Gasteiger partial charge in [0.1, 0.15) is 0 Å². The van der Waals surface area contributed by atoms with Crippen molar-refractivity contribution in [3.63, 3.8) is 0 Å². The van der Waals surface area contributed by atoms with Gasteiger partial charge in [0.2, 0.25) is 0 Å². The predicted octanol–water partition coefficient (Wildman–Crippen LogP) is 6.58. The Morgan fingerprint density at radius 3 is 2.54 bits per heavy atom. The normalized spacial score (nSPS) is 15.9. The summed E-state index contributed by atoms with van der Waals surface area (Å²) in [7, 11) is 0. The first kappa shape index (κ1) is 22.7. The van der Waals surface area contributed by atoms with E-state index < -0.39 is 0 Å². The SMILES string of the molecule is CCCN1C(=O)/C(=C\c2cn(Cc3ccccc3C#N)c3ccccc23)SC1=Nc1ccccc1. The molecule has 1 aliphatic rings. The fraction of sp³-hybridized carbons (Fsp3) is 0.138. The molecule has 0 unspecified atom stereocenters. The van der Waals surface area contributed by atoms with Crippen molar-refractivity contribution in [3.05, 3.63) is 107 Å². The average Bonchev–Trinajstić information content (AvgIpc) is 3.38. The van der Waals surface area contributed by atoms with Crippen LogP contribution in [0.5, 0.6) is 0 Å². The largest absolute Gasteiger partial charge is 0.342 e. The van der Waals surface area contributed by atoms with Gasteiger partial charge in [-0.2, -0.15) is 5.26 Å². The maximum absolute atomic E-state index is 13.3. The molecular weight excluding hydrogens is 452 g/mol. The molecule has 1 saturated heterocycles. The standard InChI is InChI=1S/C29H24N4OS/c1-2-16-33-28(34)27(35-29(33)31-24-12-4-3-5-13-24)17-23-20-32(26-15-9-8-14-25(23)26)19-22-11-7-6-10-21(22)18-30/h3-15,17,20H,2,16,19H2,1H3/b27-17+,31-29?. The number of amides is 1. The zero-order valence-corrected chi connectivity index (χ0v) is 20.2. The number of carbonyl (C=O) groups excluding carboxylic acids is 1. The minimum Gasteiger partial charge on any atom is -0.342 e. The van der Waals surface area contributed by atoms with Gasteiger partial charge in [0, 0.05) is 35.8 Å². The molecule has 1 amide bonds. The molecule has 0 N–H and O–H groups in total. The van der Waals surface area contributed by atoms with E-state index in [4.69, 9.17) is 4.99 Å². The van der Waals surface area contributed by atoms with Crippen molar-refractivity contribution in [2.45, 2.75) is 19.9 Å². The third-order valence-corrected chi connectivity index (χ3v) is 6.91. The van der Waals surface area contributed by atoms with Gasteiger partial charge >= 0.3 is 0 Å². The fourth-order valence-electron chi connectivity index (χ4n) is 4.24. The van der Waals surface area contributed by atoms with E-state index in [9.17, 15) is 10.1 Å². The Hall–Kier alpha value is -4.08. The van der Waals surface area contributed by atoms with E-state index in [-0.39, 0.29) is 5.91 Å². The van der Waals surface area contributed by atoms with Crippen molar-refractivity contribution in [1.82, 2.24) is 9.47 Å². The first-order valence-electron chi connectivity index (χ1n) is 11.6. The van der Waals surface area contributed by atoms with Gasteiger partial charge in [-0.1, -0.05) is 61.5 Å². The third-order valence-electron chi connectivity index (χ3n) is 5.90. The Labute approximate surface area is 209 Å². The lowest BCUT2D eigenvalue weighted by molar-refractivity contribution is -0.122. The number of hydrogen-bond acceptors (Lipinski definition) is 4. The van der Waals surface area contributed by atoms with Gasteiger partial charge in [-0.25, -0.2) is 4.99 Å². The van der Waals surface area contributed by atoms with E-state index in [0.29, 0.717) is 28.7 Å². The second-order valence-corrected chi connectivity index (χ2v) is 9.30. The van der Waals surface area contributed by atoms with Crippen LogP contribution in [0.1, 0.15) is 30.0 Å². The van der Waals surface area contributed by atoms with Gasteiger partial charge in [0.15, 0.2) is 5.17 Å². The molecule has 1 fully saturated rings. The van der Waals surface area contributed by atoms with Crippen LogP contribution in [0.3, 0.4) is 0 Å². The number of aliphatic imine (C=N–C) groups is 1. The molecule has 1 aromatic heterocycles. The highest BCUT2D eigenvalue weighted by atomic mass is 32.2. The quantitative estimate of drug-likeness (QED) is 0.296. The van der Waals surface area contributed by atoms with Gasteiger partial charge in [-0.3, -0.25) is 9.69 Å². The molecule has 0 radical (unpaired) electrons. The summed E-state index contributed by atoms with van der Waals surface area (Å²) in [6.07, 6.45) is 4.89. The maximum atomic E-state index is 13.3. The fourth-order valence-corrected chi connectivity index (χ4v) is 5.25. The summed E-state index contributed by atoms with van der Waals surface area (Å²) >= 11 is 1.42. The molecule has 3 aromatic carbocycles. The Morgan fingerprint density at radius 1 is 1.00 bits per heavy atom. The van der Waals surface area contributed by atoms with Crippen molar-refractivity contribution in [1.29, 1.82) is 5.26 Å². The van der Waals surface area contributed by atoms with Gasteiger partial charge in [0.25, 0.3) is 5.91 Å². The highest BCUT2D eigenvalue weighted by molar-refractivity contribution is 8.18. The lowest BCUT2D eigenvalue weighted by atomic mass is 10.1. The van der Waals surface area contributed by atoms with Crippen molar-refractivity contribution in [2.24, 2.45) is 4.99 Å². The van der Waals surface area contributed by atoms with E-state index in [0.717, 1.165) is 34.1 Å². The smallest absolute Gasteiger partial charge is 0.266 e. The molecule has 0 bridgehead atoms. The topological polar surface area (TPSA) is 61.4 Å². The van der Waals surface area contributed by atoms with Crippen LogP contribution in [0.25, 0.3) is 17.0 Å². The number of hydrogen-bond donors (Lipinski definition) is 0. The summed E-state index contributed by atoms with van der Waals surface area (Å²) in [6.45, 7) is 3.27. The maximum Gasteiger partial charge on any atom is 0.266 e. The first-order valence-corrected chi connectivity index (χ1v) is 12.4. The van der Waals surface area contributed by atoms with Gasteiger partial charge in [0.05, 0.1) is 22.2 Å². The average molecular weight is 477 g/mol. The van der Waals surface area contributed by atoms with Gasteiger partial charge in [-0.05, 0) is 54.1 Å². The third kappa shape index (κ3) is 4.64. The summed E-state index contributed by atoms with van der Waals surface area (Å²) in [5.74, 6) is -0.0156. The molecule has 0 atom stereocenters. The molecular formula is C29H24N4OS. The molecule has 35 heavy (non-hydrogen) atoms. The molecule has 6 heteroatoms. The van der Waals surface area contributed by atoms with E-state index in [2.05, 4.69) is 35.9 Å². The summed E-state index contributed by atoms with van der Waals surface area (Å²) in [5.41, 5.74) is 4.50. The molecule has 1 aliphatic heterocycles. The van der Waals surface area contributed by atoms with Gasteiger partial charge in [-0.15, -0.1) is 0 Å². The summed E-state index contributed by atoms with van der Waals surface area (Å²) in [5, 5.41) is 11.3. The number of fused-ring (bicyclic) bond motifs is 1. The van der Waals surface area contributed by atoms with Crippen molar-refractivity contribution >= 4 is 45.5 Å². The second-order valence-electron chi connectivity index (χ2n) is 8.30. The number of aromatic nitrogens is 1. The molecule has 0 aliphatic carbocycles. The molecule has 4 aromatic rings. The summed E-state index contributed by atoms with van der Waals surface area (Å²) in [4.78, 5) is 20.5. The molecule has 0 saturated carbocycles. The number of rotatable bonds is 6. The Balaban J connectivity index is 1.54. The summed E-state index contributed by atoms with van der Waals surface area (Å²) in [6, 6.07) is 27.8. The van der Waals surface area contributed by atoms with E-state index in [1.807, 2.05) is 72.8 Å². The number of nitriles is 1. The minimum atomic E-state index is -0.0156. The number of carbonyl (C=O) groups is 1. The Kier molecular flexibility index (Phi) is 6.51. The number of benzene rings is 3. The minimum absolute atomic E-state index is 0.0156. The first-order chi connectivity index (χ1) is 17.2. The number of amidine groups is 1. The zero-order valence-electron chi connectivity index (χ0n) is 19.4. The molecule has 5 nitrogen and oxygen atoms in total. The van der Waals surface area contributed by atoms with Crippen LogP contribution in [0, 0.1) is 11.3 Å². The molecule has 2 heterocycles. The molecule has 5 rings (SSSR count). The van der Waals surface area contributed by atoms with Gasteiger partial charge < -0.3 is 4.57 Å². The van der Waals surface area contributed by atoms with Crippen molar-refractivity contribution < 1.29 is 4.79 Å². The van der Waals surface area contributed by atoms with Crippen LogP contribution in [-0.4, -0.2) is 27.1 Å². The zero-order chi connectivity index (χ0) is 24.2. The summed E-state index contributed by atoms with van der Waals surface area (Å²) < 4.78 is 2.14. The van der Waals surface area contributed by atoms with Crippen LogP contribution in [0.15, 0.2) is 95.0 Å². The molecule has 0 spiro atoms. The lowest BCUT2D eigenvalue weighted by Crippen LogP contribution is -2.29. The number of thioether (sulfide) groups is 1. The Morgan fingerprint density at radius 2 is 1.74 bits per heavy atom. The second kappa shape index (κ2) is 10.0. The monoisotopic (exact) mass is 476 g/mol. The van der Waals surface area contributed by atoms with E-state index >= 15 is 0 Å². The van der Waals surface area contributed by atoms with Crippen LogP contribution in [-0.2, 0) is 11.3 Å². The van der Waals surface area contributed by atoms with Crippen LogP contribution >= 0.6 is 11.8 Å². The van der Waals surface area contributed by atoms with E-state index in [1.165, 1.54) is 11.8 Å². The Bertz CT molecular complexity index is 1490.